The van der Waals surface area contributed by atoms with E-state index < -0.39 is 0 Å². The number of piperazine rings is 1. The lowest BCUT2D eigenvalue weighted by molar-refractivity contribution is 0.134. The van der Waals surface area contributed by atoms with Crippen LogP contribution in [0.4, 0.5) is 0 Å². The molecule has 0 amide bonds. The molecule has 1 aliphatic heterocycles. The van der Waals surface area contributed by atoms with Gasteiger partial charge in [-0.15, -0.1) is 24.8 Å². The molecular formula is C20H26Cl4N2. The van der Waals surface area contributed by atoms with Gasteiger partial charge in [0.25, 0.3) is 0 Å². The molecule has 0 atom stereocenters. The molecule has 144 valence electrons. The van der Waals surface area contributed by atoms with Crippen LogP contribution in [-0.4, -0.2) is 49.1 Å². The van der Waals surface area contributed by atoms with E-state index in [1.54, 1.807) is 0 Å². The Kier molecular flexibility index (Phi) is 10.9. The first-order valence-electron chi connectivity index (χ1n) is 8.64. The van der Waals surface area contributed by atoms with Gasteiger partial charge in [0.15, 0.2) is 0 Å². The number of nitrogens with zero attached hydrogens (tertiary/aromatic N) is 2. The number of benzene rings is 2. The van der Waals surface area contributed by atoms with Crippen LogP contribution in [0.1, 0.15) is 11.1 Å². The Morgan fingerprint density at radius 3 is 1.31 bits per heavy atom. The molecule has 2 aromatic carbocycles. The van der Waals surface area contributed by atoms with E-state index in [4.69, 9.17) is 23.2 Å². The summed E-state index contributed by atoms with van der Waals surface area (Å²) >= 11 is 12.5. The smallest absolute Gasteiger partial charge is 0.0438 e. The summed E-state index contributed by atoms with van der Waals surface area (Å²) in [5.41, 5.74) is 2.50. The Labute approximate surface area is 179 Å². The third-order valence-corrected chi connectivity index (χ3v) is 5.51. The van der Waals surface area contributed by atoms with Crippen molar-refractivity contribution in [2.45, 2.75) is 12.8 Å². The largest absolute Gasteiger partial charge is 0.300 e. The molecule has 0 spiro atoms. The molecule has 2 nitrogen and oxygen atoms in total. The summed E-state index contributed by atoms with van der Waals surface area (Å²) in [5, 5.41) is 1.77. The van der Waals surface area contributed by atoms with Crippen LogP contribution in [0.2, 0.25) is 10.0 Å². The Morgan fingerprint density at radius 2 is 0.962 bits per heavy atom. The van der Waals surface area contributed by atoms with Crippen LogP contribution in [0.3, 0.4) is 0 Å². The Bertz CT molecular complexity index is 600. The fraction of sp³-hybridized carbons (Fsp3) is 0.400. The highest BCUT2D eigenvalue weighted by Gasteiger charge is 2.16. The molecule has 0 saturated carbocycles. The fourth-order valence-electron chi connectivity index (χ4n) is 3.20. The van der Waals surface area contributed by atoms with Crippen molar-refractivity contribution in [3.8, 4) is 0 Å². The van der Waals surface area contributed by atoms with Crippen molar-refractivity contribution >= 4 is 48.0 Å². The van der Waals surface area contributed by atoms with Gasteiger partial charge in [-0.3, -0.25) is 0 Å². The first-order valence-corrected chi connectivity index (χ1v) is 9.39. The molecule has 3 rings (SSSR count). The van der Waals surface area contributed by atoms with E-state index in [-0.39, 0.29) is 24.8 Å². The monoisotopic (exact) mass is 434 g/mol. The number of rotatable bonds is 6. The summed E-state index contributed by atoms with van der Waals surface area (Å²) in [4.78, 5) is 5.07. The molecule has 1 heterocycles. The number of hydrogen-bond acceptors (Lipinski definition) is 2. The summed E-state index contributed by atoms with van der Waals surface area (Å²) in [6, 6.07) is 16.3. The SMILES string of the molecule is Cl.Cl.Clc1ccccc1CCN1CCN(CCc2ccccc2Cl)CC1. The van der Waals surface area contributed by atoms with Crippen LogP contribution < -0.4 is 0 Å². The molecule has 26 heavy (non-hydrogen) atoms. The van der Waals surface area contributed by atoms with Gasteiger partial charge in [0.1, 0.15) is 0 Å². The molecule has 0 aromatic heterocycles. The van der Waals surface area contributed by atoms with E-state index in [0.717, 1.165) is 62.2 Å². The van der Waals surface area contributed by atoms with E-state index in [0.29, 0.717) is 0 Å². The predicted octanol–water partition coefficient (Wildman–Crippen LogP) is 5.24. The summed E-state index contributed by atoms with van der Waals surface area (Å²) in [6.45, 7) is 6.70. The lowest BCUT2D eigenvalue weighted by Gasteiger charge is -2.34. The molecule has 0 unspecified atom stereocenters. The first kappa shape index (κ1) is 23.6. The second-order valence-electron chi connectivity index (χ2n) is 6.37. The van der Waals surface area contributed by atoms with Crippen LogP contribution >= 0.6 is 48.0 Å². The van der Waals surface area contributed by atoms with Crippen molar-refractivity contribution < 1.29 is 0 Å². The van der Waals surface area contributed by atoms with Crippen molar-refractivity contribution in [2.75, 3.05) is 39.3 Å². The standard InChI is InChI=1S/C20H24Cl2N2.2ClH/c21-19-7-3-1-5-17(19)9-11-23-13-15-24(16-14-23)12-10-18-6-2-4-8-20(18)22;;/h1-8H,9-16H2;2*1H. The quantitative estimate of drug-likeness (QED) is 0.611. The molecule has 0 bridgehead atoms. The summed E-state index contributed by atoms with van der Waals surface area (Å²) in [7, 11) is 0. The maximum absolute atomic E-state index is 6.24. The van der Waals surface area contributed by atoms with Crippen molar-refractivity contribution in [3.63, 3.8) is 0 Å². The highest BCUT2D eigenvalue weighted by atomic mass is 35.5. The summed E-state index contributed by atoms with van der Waals surface area (Å²) in [5.74, 6) is 0. The van der Waals surface area contributed by atoms with Crippen LogP contribution in [-0.2, 0) is 12.8 Å². The minimum absolute atomic E-state index is 0. The lowest BCUT2D eigenvalue weighted by atomic mass is 10.1. The highest BCUT2D eigenvalue weighted by Crippen LogP contribution is 2.17. The van der Waals surface area contributed by atoms with Crippen molar-refractivity contribution in [3.05, 3.63) is 69.7 Å². The molecule has 1 fully saturated rings. The third kappa shape index (κ3) is 6.92. The average molecular weight is 436 g/mol. The minimum atomic E-state index is 0. The van der Waals surface area contributed by atoms with Crippen molar-refractivity contribution in [1.82, 2.24) is 9.80 Å². The van der Waals surface area contributed by atoms with Crippen LogP contribution in [0, 0.1) is 0 Å². The van der Waals surface area contributed by atoms with Gasteiger partial charge in [-0.25, -0.2) is 0 Å². The number of halogens is 4. The molecule has 0 N–H and O–H groups in total. The lowest BCUT2D eigenvalue weighted by Crippen LogP contribution is -2.47. The fourth-order valence-corrected chi connectivity index (χ4v) is 3.66. The second-order valence-corrected chi connectivity index (χ2v) is 7.18. The van der Waals surface area contributed by atoms with Crippen LogP contribution in [0.5, 0.6) is 0 Å². The van der Waals surface area contributed by atoms with Crippen LogP contribution in [0.15, 0.2) is 48.5 Å². The zero-order valence-corrected chi connectivity index (χ0v) is 17.9. The van der Waals surface area contributed by atoms with Gasteiger partial charge in [0, 0.05) is 49.3 Å². The van der Waals surface area contributed by atoms with E-state index in [1.807, 2.05) is 24.3 Å². The molecule has 1 saturated heterocycles. The Hall–Kier alpha value is -0.480. The average Bonchev–Trinajstić information content (AvgIpc) is 2.61. The molecular weight excluding hydrogens is 410 g/mol. The van der Waals surface area contributed by atoms with Gasteiger partial charge in [-0.2, -0.15) is 0 Å². The first-order chi connectivity index (χ1) is 11.7. The summed E-state index contributed by atoms with van der Waals surface area (Å²) in [6.07, 6.45) is 2.05. The van der Waals surface area contributed by atoms with Crippen molar-refractivity contribution in [1.29, 1.82) is 0 Å². The van der Waals surface area contributed by atoms with Gasteiger partial charge >= 0.3 is 0 Å². The normalized spacial score (nSPS) is 15.2. The van der Waals surface area contributed by atoms with E-state index >= 15 is 0 Å². The van der Waals surface area contributed by atoms with Gasteiger partial charge < -0.3 is 9.80 Å². The molecule has 0 aliphatic carbocycles. The van der Waals surface area contributed by atoms with Crippen LogP contribution in [0.25, 0.3) is 0 Å². The Balaban J connectivity index is 0.00000169. The van der Waals surface area contributed by atoms with E-state index in [1.165, 1.54) is 11.1 Å². The minimum Gasteiger partial charge on any atom is -0.300 e. The van der Waals surface area contributed by atoms with Crippen molar-refractivity contribution in [2.24, 2.45) is 0 Å². The molecule has 2 aromatic rings. The molecule has 6 heteroatoms. The number of hydrogen-bond donors (Lipinski definition) is 0. The third-order valence-electron chi connectivity index (χ3n) is 4.78. The zero-order valence-electron chi connectivity index (χ0n) is 14.7. The maximum atomic E-state index is 6.24. The molecule has 0 radical (unpaired) electrons. The highest BCUT2D eigenvalue weighted by molar-refractivity contribution is 6.31. The maximum Gasteiger partial charge on any atom is 0.0438 e. The topological polar surface area (TPSA) is 6.48 Å². The Morgan fingerprint density at radius 1 is 0.615 bits per heavy atom. The van der Waals surface area contributed by atoms with Gasteiger partial charge in [-0.05, 0) is 36.1 Å². The molecule has 1 aliphatic rings. The van der Waals surface area contributed by atoms with Gasteiger partial charge in [0.2, 0.25) is 0 Å². The van der Waals surface area contributed by atoms with Gasteiger partial charge in [0.05, 0.1) is 0 Å². The van der Waals surface area contributed by atoms with Gasteiger partial charge in [-0.1, -0.05) is 59.6 Å². The zero-order chi connectivity index (χ0) is 16.8. The second kappa shape index (κ2) is 12.1. The predicted molar refractivity (Wildman–Crippen MR) is 118 cm³/mol. The summed E-state index contributed by atoms with van der Waals surface area (Å²) < 4.78 is 0. The van der Waals surface area contributed by atoms with E-state index in [2.05, 4.69) is 34.1 Å². The van der Waals surface area contributed by atoms with E-state index in [9.17, 15) is 0 Å².